The van der Waals surface area contributed by atoms with E-state index in [0.717, 1.165) is 6.42 Å². The summed E-state index contributed by atoms with van der Waals surface area (Å²) >= 11 is 0. The van der Waals surface area contributed by atoms with E-state index < -0.39 is 11.7 Å². The van der Waals surface area contributed by atoms with Crippen molar-refractivity contribution in [2.45, 2.75) is 78.6 Å². The van der Waals surface area contributed by atoms with Crippen molar-refractivity contribution in [3.63, 3.8) is 0 Å². The van der Waals surface area contributed by atoms with E-state index in [4.69, 9.17) is 9.47 Å². The Labute approximate surface area is 165 Å². The summed E-state index contributed by atoms with van der Waals surface area (Å²) in [4.78, 5) is 27.8. The molecule has 27 heavy (non-hydrogen) atoms. The van der Waals surface area contributed by atoms with E-state index in [1.807, 2.05) is 27.7 Å². The van der Waals surface area contributed by atoms with Gasteiger partial charge in [-0.1, -0.05) is 13.8 Å². The third-order valence-corrected chi connectivity index (χ3v) is 4.26. The molecular weight excluding hydrogens is 348 g/mol. The van der Waals surface area contributed by atoms with Crippen LogP contribution < -0.4 is 0 Å². The average Bonchev–Trinajstić information content (AvgIpc) is 2.56. The van der Waals surface area contributed by atoms with Gasteiger partial charge in [0.1, 0.15) is 5.60 Å². The molecule has 0 aromatic rings. The first-order valence-electron chi connectivity index (χ1n) is 9.78. The van der Waals surface area contributed by atoms with Crippen molar-refractivity contribution in [2.75, 3.05) is 33.9 Å². The maximum atomic E-state index is 12.5. The molecule has 0 aliphatic rings. The van der Waals surface area contributed by atoms with Gasteiger partial charge in [-0.05, 0) is 46.5 Å². The number of nitrogens with zero attached hydrogens (tertiary/aromatic N) is 2. The summed E-state index contributed by atoms with van der Waals surface area (Å²) in [6.07, 6.45) is 1.23. The second-order valence-electron chi connectivity index (χ2n) is 8.56. The first kappa shape index (κ1) is 25.7. The zero-order valence-electron chi connectivity index (χ0n) is 18.4. The highest BCUT2D eigenvalue weighted by Crippen LogP contribution is 2.13. The highest BCUT2D eigenvalue weighted by atomic mass is 16.6. The number of methoxy groups -OCH3 is 1. The lowest BCUT2D eigenvalue weighted by Gasteiger charge is -2.31. The Morgan fingerprint density at radius 2 is 1.70 bits per heavy atom. The molecule has 0 heterocycles. The lowest BCUT2D eigenvalue weighted by Crippen LogP contribution is -2.44. The van der Waals surface area contributed by atoms with Crippen LogP contribution in [-0.4, -0.2) is 78.5 Å². The molecule has 160 valence electrons. The van der Waals surface area contributed by atoms with Crippen LogP contribution in [0.2, 0.25) is 0 Å². The molecular formula is C20H40N2O5. The molecule has 0 saturated heterocycles. The summed E-state index contributed by atoms with van der Waals surface area (Å²) in [7, 11) is 3.26. The number of carbonyl (C=O) groups excluding carboxylic acids is 2. The molecule has 2 unspecified atom stereocenters. The van der Waals surface area contributed by atoms with Crippen LogP contribution >= 0.6 is 0 Å². The minimum atomic E-state index is -0.551. The van der Waals surface area contributed by atoms with Crippen molar-refractivity contribution in [2.24, 2.45) is 5.92 Å². The predicted octanol–water partition coefficient (Wildman–Crippen LogP) is 2.90. The van der Waals surface area contributed by atoms with Gasteiger partial charge in [-0.2, -0.15) is 0 Å². The Kier molecular flexibility index (Phi) is 11.6. The van der Waals surface area contributed by atoms with Crippen LogP contribution in [0.4, 0.5) is 4.79 Å². The summed E-state index contributed by atoms with van der Waals surface area (Å²) in [5, 5.41) is 9.49. The van der Waals surface area contributed by atoms with E-state index in [-0.39, 0.29) is 24.7 Å². The maximum absolute atomic E-state index is 12.5. The molecule has 0 aromatic carbocycles. The Bertz CT molecular complexity index is 448. The van der Waals surface area contributed by atoms with Gasteiger partial charge in [0.15, 0.2) is 0 Å². The van der Waals surface area contributed by atoms with Crippen molar-refractivity contribution in [1.82, 2.24) is 9.80 Å². The van der Waals surface area contributed by atoms with E-state index in [9.17, 15) is 14.7 Å². The largest absolute Gasteiger partial charge is 0.444 e. The van der Waals surface area contributed by atoms with Gasteiger partial charge in [0.05, 0.1) is 18.8 Å². The second-order valence-corrected chi connectivity index (χ2v) is 8.56. The summed E-state index contributed by atoms with van der Waals surface area (Å²) in [5.74, 6) is 0.495. The highest BCUT2D eigenvalue weighted by Gasteiger charge is 2.24. The van der Waals surface area contributed by atoms with E-state index >= 15 is 0 Å². The van der Waals surface area contributed by atoms with Gasteiger partial charge in [-0.25, -0.2) is 4.79 Å². The molecule has 0 rings (SSSR count). The van der Waals surface area contributed by atoms with Gasteiger partial charge < -0.3 is 24.4 Å². The van der Waals surface area contributed by atoms with Crippen LogP contribution in [-0.2, 0) is 14.3 Å². The molecule has 0 aliphatic carbocycles. The van der Waals surface area contributed by atoms with Crippen molar-refractivity contribution >= 4 is 12.0 Å². The molecule has 0 aromatic heterocycles. The highest BCUT2D eigenvalue weighted by molar-refractivity contribution is 5.76. The number of ether oxygens (including phenoxy) is 2. The zero-order chi connectivity index (χ0) is 21.2. The third-order valence-electron chi connectivity index (χ3n) is 4.26. The van der Waals surface area contributed by atoms with Crippen LogP contribution in [0.5, 0.6) is 0 Å². The van der Waals surface area contributed by atoms with Gasteiger partial charge in [0.2, 0.25) is 5.91 Å². The number of amides is 2. The number of rotatable bonds is 11. The Hall–Kier alpha value is -1.34. The number of aliphatic hydroxyl groups excluding tert-OH is 1. The van der Waals surface area contributed by atoms with E-state index in [0.29, 0.717) is 31.8 Å². The quantitative estimate of drug-likeness (QED) is 0.589. The van der Waals surface area contributed by atoms with Gasteiger partial charge in [0.25, 0.3) is 0 Å². The fraction of sp³-hybridized carbons (Fsp3) is 0.900. The standard InChI is InChI=1S/C20H40N2O5/c1-15(2)9-10-18(24)22(16(3)14-23)12-11-17(26-8)13-21(7)19(25)27-20(4,5)6/h15-17,23H,9-14H2,1-8H3. The van der Waals surface area contributed by atoms with E-state index in [1.54, 1.807) is 19.1 Å². The minimum Gasteiger partial charge on any atom is -0.444 e. The number of carbonyl (C=O) groups is 2. The molecule has 2 amide bonds. The van der Waals surface area contributed by atoms with Crippen molar-refractivity contribution in [1.29, 1.82) is 0 Å². The van der Waals surface area contributed by atoms with Crippen LogP contribution in [0.25, 0.3) is 0 Å². The molecule has 0 aliphatic heterocycles. The first-order valence-corrected chi connectivity index (χ1v) is 9.78. The second kappa shape index (κ2) is 12.2. The number of likely N-dealkylation sites (N-methyl/N-ethyl adjacent to an activating group) is 1. The van der Waals surface area contributed by atoms with Gasteiger partial charge in [0, 0.05) is 33.7 Å². The summed E-state index contributed by atoms with van der Waals surface area (Å²) in [6, 6.07) is -0.245. The molecule has 1 N–H and O–H groups in total. The molecule has 0 saturated carbocycles. The fourth-order valence-electron chi connectivity index (χ4n) is 2.53. The first-order chi connectivity index (χ1) is 12.4. The number of aliphatic hydroxyl groups is 1. The monoisotopic (exact) mass is 388 g/mol. The normalized spacial score (nSPS) is 14.0. The van der Waals surface area contributed by atoms with Crippen molar-refractivity contribution in [3.8, 4) is 0 Å². The van der Waals surface area contributed by atoms with Crippen LogP contribution in [0.15, 0.2) is 0 Å². The molecule has 0 fully saturated rings. The lowest BCUT2D eigenvalue weighted by molar-refractivity contribution is -0.134. The van der Waals surface area contributed by atoms with Crippen molar-refractivity contribution < 1.29 is 24.2 Å². The number of hydrogen-bond acceptors (Lipinski definition) is 5. The Morgan fingerprint density at radius 3 is 2.15 bits per heavy atom. The smallest absolute Gasteiger partial charge is 0.410 e. The predicted molar refractivity (Wildman–Crippen MR) is 107 cm³/mol. The van der Waals surface area contributed by atoms with Crippen molar-refractivity contribution in [3.05, 3.63) is 0 Å². The maximum Gasteiger partial charge on any atom is 0.410 e. The fourth-order valence-corrected chi connectivity index (χ4v) is 2.53. The van der Waals surface area contributed by atoms with Gasteiger partial charge in [-0.3, -0.25) is 4.79 Å². The van der Waals surface area contributed by atoms with Crippen LogP contribution in [0, 0.1) is 5.92 Å². The molecule has 0 bridgehead atoms. The van der Waals surface area contributed by atoms with E-state index in [2.05, 4.69) is 13.8 Å². The molecule has 7 nitrogen and oxygen atoms in total. The third kappa shape index (κ3) is 11.2. The van der Waals surface area contributed by atoms with Gasteiger partial charge >= 0.3 is 6.09 Å². The Morgan fingerprint density at radius 1 is 1.11 bits per heavy atom. The summed E-state index contributed by atoms with van der Waals surface area (Å²) < 4.78 is 10.8. The topological polar surface area (TPSA) is 79.3 Å². The summed E-state index contributed by atoms with van der Waals surface area (Å²) in [5.41, 5.74) is -0.551. The summed E-state index contributed by atoms with van der Waals surface area (Å²) in [6.45, 7) is 12.2. The molecule has 0 radical (unpaired) electrons. The SMILES string of the molecule is COC(CCN(C(=O)CCC(C)C)C(C)CO)CN(C)C(=O)OC(C)(C)C. The zero-order valence-corrected chi connectivity index (χ0v) is 18.4. The average molecular weight is 389 g/mol. The van der Waals surface area contributed by atoms with E-state index in [1.165, 1.54) is 4.90 Å². The molecule has 7 heteroatoms. The van der Waals surface area contributed by atoms with Crippen LogP contribution in [0.1, 0.15) is 60.8 Å². The minimum absolute atomic E-state index is 0.0422. The van der Waals surface area contributed by atoms with Crippen LogP contribution in [0.3, 0.4) is 0 Å². The molecule has 2 atom stereocenters. The Balaban J connectivity index is 4.75. The van der Waals surface area contributed by atoms with Gasteiger partial charge in [-0.15, -0.1) is 0 Å². The molecule has 0 spiro atoms. The number of hydrogen-bond donors (Lipinski definition) is 1. The lowest BCUT2D eigenvalue weighted by atomic mass is 10.1.